The van der Waals surface area contributed by atoms with Crippen molar-refractivity contribution in [3.05, 3.63) is 29.3 Å². The van der Waals surface area contributed by atoms with Crippen molar-refractivity contribution in [2.45, 2.75) is 52.4 Å². The molecule has 0 radical (unpaired) electrons. The van der Waals surface area contributed by atoms with Gasteiger partial charge >= 0.3 is 0 Å². The summed E-state index contributed by atoms with van der Waals surface area (Å²) in [5.74, 6) is 1.09. The molecule has 0 aromatic heterocycles. The lowest BCUT2D eigenvalue weighted by Crippen LogP contribution is -2.26. The molecule has 17 heavy (non-hydrogen) atoms. The molecule has 1 aliphatic carbocycles. The second-order valence-corrected chi connectivity index (χ2v) is 5.69. The van der Waals surface area contributed by atoms with Crippen LogP contribution in [0.2, 0.25) is 0 Å². The average Bonchev–Trinajstić information content (AvgIpc) is 2.36. The van der Waals surface area contributed by atoms with Gasteiger partial charge in [0.05, 0.1) is 7.11 Å². The lowest BCUT2D eigenvalue weighted by Gasteiger charge is -2.35. The van der Waals surface area contributed by atoms with E-state index >= 15 is 0 Å². The van der Waals surface area contributed by atoms with Gasteiger partial charge in [0.1, 0.15) is 5.75 Å². The van der Waals surface area contributed by atoms with Crippen molar-refractivity contribution >= 4 is 0 Å². The van der Waals surface area contributed by atoms with E-state index in [-0.39, 0.29) is 0 Å². The van der Waals surface area contributed by atoms with Gasteiger partial charge < -0.3 is 4.74 Å². The summed E-state index contributed by atoms with van der Waals surface area (Å²) in [4.78, 5) is 0. The molecule has 0 amide bonds. The highest BCUT2D eigenvalue weighted by Gasteiger charge is 2.30. The van der Waals surface area contributed by atoms with E-state index < -0.39 is 0 Å². The third-order valence-corrected chi connectivity index (χ3v) is 4.19. The maximum Gasteiger partial charge on any atom is 0.122 e. The van der Waals surface area contributed by atoms with E-state index in [0.29, 0.717) is 5.41 Å². The minimum atomic E-state index is 0.484. The summed E-state index contributed by atoms with van der Waals surface area (Å²) < 4.78 is 5.51. The molecule has 94 valence electrons. The second kappa shape index (κ2) is 5.12. The zero-order chi connectivity index (χ0) is 12.3. The van der Waals surface area contributed by atoms with Gasteiger partial charge in [-0.2, -0.15) is 0 Å². The number of hydrogen-bond acceptors (Lipinski definition) is 1. The Hall–Kier alpha value is -0.980. The van der Waals surface area contributed by atoms with Gasteiger partial charge in [-0.15, -0.1) is 0 Å². The summed E-state index contributed by atoms with van der Waals surface area (Å²) >= 11 is 0. The topological polar surface area (TPSA) is 9.23 Å². The van der Waals surface area contributed by atoms with Crippen LogP contribution in [0.25, 0.3) is 0 Å². The SMILES string of the molecule is CCCCC1(C)CCc2cccc(OC)c2C1. The molecular weight excluding hydrogens is 208 g/mol. The van der Waals surface area contributed by atoms with E-state index in [2.05, 4.69) is 32.0 Å². The Morgan fingerprint density at radius 3 is 2.88 bits per heavy atom. The molecule has 1 aliphatic rings. The van der Waals surface area contributed by atoms with Crippen molar-refractivity contribution in [1.29, 1.82) is 0 Å². The highest BCUT2D eigenvalue weighted by molar-refractivity contribution is 5.42. The van der Waals surface area contributed by atoms with Crippen molar-refractivity contribution in [1.82, 2.24) is 0 Å². The number of aryl methyl sites for hydroxylation is 1. The van der Waals surface area contributed by atoms with Crippen LogP contribution < -0.4 is 4.74 Å². The first-order chi connectivity index (χ1) is 8.18. The number of methoxy groups -OCH3 is 1. The Balaban J connectivity index is 2.22. The molecule has 1 atom stereocenters. The van der Waals surface area contributed by atoms with E-state index in [1.807, 2.05) is 0 Å². The van der Waals surface area contributed by atoms with Gasteiger partial charge in [-0.3, -0.25) is 0 Å². The summed E-state index contributed by atoms with van der Waals surface area (Å²) in [5.41, 5.74) is 3.44. The maximum atomic E-state index is 5.51. The van der Waals surface area contributed by atoms with Gasteiger partial charge in [-0.25, -0.2) is 0 Å². The quantitative estimate of drug-likeness (QED) is 0.748. The van der Waals surface area contributed by atoms with E-state index in [4.69, 9.17) is 4.74 Å². The molecule has 0 saturated heterocycles. The first-order valence-corrected chi connectivity index (χ1v) is 6.83. The fourth-order valence-electron chi connectivity index (χ4n) is 3.01. The van der Waals surface area contributed by atoms with Gasteiger partial charge in [0.2, 0.25) is 0 Å². The van der Waals surface area contributed by atoms with Crippen LogP contribution in [0.1, 0.15) is 50.7 Å². The lowest BCUT2D eigenvalue weighted by molar-refractivity contribution is 0.244. The van der Waals surface area contributed by atoms with Crippen LogP contribution in [0, 0.1) is 5.41 Å². The third-order valence-electron chi connectivity index (χ3n) is 4.19. The number of benzene rings is 1. The smallest absolute Gasteiger partial charge is 0.122 e. The number of fused-ring (bicyclic) bond motifs is 1. The molecule has 1 unspecified atom stereocenters. The Morgan fingerprint density at radius 1 is 1.35 bits per heavy atom. The van der Waals surface area contributed by atoms with Gasteiger partial charge in [0, 0.05) is 0 Å². The molecule has 0 fully saturated rings. The zero-order valence-corrected chi connectivity index (χ0v) is 11.4. The standard InChI is InChI=1S/C16H24O/c1-4-5-10-16(2)11-9-13-7-6-8-15(17-3)14(13)12-16/h6-8H,4-5,9-12H2,1-3H3. The lowest BCUT2D eigenvalue weighted by atomic mass is 9.70. The van der Waals surface area contributed by atoms with Gasteiger partial charge in [-0.05, 0) is 48.3 Å². The van der Waals surface area contributed by atoms with Crippen molar-refractivity contribution in [3.63, 3.8) is 0 Å². The molecule has 2 rings (SSSR count). The van der Waals surface area contributed by atoms with Crippen molar-refractivity contribution in [2.24, 2.45) is 5.41 Å². The molecule has 0 aliphatic heterocycles. The second-order valence-electron chi connectivity index (χ2n) is 5.69. The molecule has 1 aromatic rings. The van der Waals surface area contributed by atoms with Gasteiger partial charge in [-0.1, -0.05) is 38.8 Å². The van der Waals surface area contributed by atoms with E-state index in [1.165, 1.54) is 49.7 Å². The zero-order valence-electron chi connectivity index (χ0n) is 11.4. The Kier molecular flexibility index (Phi) is 3.76. The monoisotopic (exact) mass is 232 g/mol. The van der Waals surface area contributed by atoms with Crippen LogP contribution in [0.15, 0.2) is 18.2 Å². The molecular formula is C16H24O. The van der Waals surface area contributed by atoms with Crippen LogP contribution in [0.3, 0.4) is 0 Å². The molecule has 1 heteroatoms. The van der Waals surface area contributed by atoms with Crippen molar-refractivity contribution < 1.29 is 4.74 Å². The molecule has 1 aromatic carbocycles. The number of unbranched alkanes of at least 4 members (excludes halogenated alkanes) is 1. The van der Waals surface area contributed by atoms with Crippen LogP contribution in [0.4, 0.5) is 0 Å². The van der Waals surface area contributed by atoms with Gasteiger partial charge in [0.25, 0.3) is 0 Å². The minimum absolute atomic E-state index is 0.484. The highest BCUT2D eigenvalue weighted by atomic mass is 16.5. The van der Waals surface area contributed by atoms with E-state index in [0.717, 1.165) is 5.75 Å². The summed E-state index contributed by atoms with van der Waals surface area (Å²) in [6.07, 6.45) is 7.72. The average molecular weight is 232 g/mol. The molecule has 0 bridgehead atoms. The maximum absolute atomic E-state index is 5.51. The third kappa shape index (κ3) is 2.65. The van der Waals surface area contributed by atoms with Crippen LogP contribution >= 0.6 is 0 Å². The molecule has 0 heterocycles. The summed E-state index contributed by atoms with van der Waals surface area (Å²) in [6.45, 7) is 4.72. The molecule has 1 nitrogen and oxygen atoms in total. The minimum Gasteiger partial charge on any atom is -0.496 e. The summed E-state index contributed by atoms with van der Waals surface area (Å²) in [5, 5.41) is 0. The number of rotatable bonds is 4. The normalized spacial score (nSPS) is 23.2. The summed E-state index contributed by atoms with van der Waals surface area (Å²) in [7, 11) is 1.79. The number of ether oxygens (including phenoxy) is 1. The Labute approximate surface area is 105 Å². The molecule has 0 N–H and O–H groups in total. The van der Waals surface area contributed by atoms with Crippen LogP contribution in [-0.2, 0) is 12.8 Å². The molecule has 0 saturated carbocycles. The van der Waals surface area contributed by atoms with Gasteiger partial charge in [0.15, 0.2) is 0 Å². The fourth-order valence-corrected chi connectivity index (χ4v) is 3.01. The van der Waals surface area contributed by atoms with Crippen LogP contribution in [0.5, 0.6) is 5.75 Å². The predicted octanol–water partition coefficient (Wildman–Crippen LogP) is 4.38. The Morgan fingerprint density at radius 2 is 2.18 bits per heavy atom. The first kappa shape index (κ1) is 12.5. The van der Waals surface area contributed by atoms with E-state index in [1.54, 1.807) is 7.11 Å². The van der Waals surface area contributed by atoms with Crippen LogP contribution in [-0.4, -0.2) is 7.11 Å². The largest absolute Gasteiger partial charge is 0.496 e. The predicted molar refractivity (Wildman–Crippen MR) is 72.7 cm³/mol. The Bertz CT molecular complexity index is 369. The van der Waals surface area contributed by atoms with E-state index in [9.17, 15) is 0 Å². The first-order valence-electron chi connectivity index (χ1n) is 6.83. The summed E-state index contributed by atoms with van der Waals surface area (Å²) in [6, 6.07) is 6.48. The number of hydrogen-bond donors (Lipinski definition) is 0. The highest BCUT2D eigenvalue weighted by Crippen LogP contribution is 2.42. The molecule has 0 spiro atoms. The fraction of sp³-hybridized carbons (Fsp3) is 0.625. The van der Waals surface area contributed by atoms with Crippen molar-refractivity contribution in [3.8, 4) is 5.75 Å². The van der Waals surface area contributed by atoms with Crippen molar-refractivity contribution in [2.75, 3.05) is 7.11 Å².